The number of aliphatic hydroxyl groups excluding tert-OH is 6. The summed E-state index contributed by atoms with van der Waals surface area (Å²) in [7, 11) is 0. The van der Waals surface area contributed by atoms with Crippen LogP contribution in [0.25, 0.3) is 0 Å². The number of hydrogen-bond donors (Lipinski definition) is 8. The zero-order valence-corrected chi connectivity index (χ0v) is 32.0. The van der Waals surface area contributed by atoms with Crippen LogP contribution in [0.2, 0.25) is 0 Å². The van der Waals surface area contributed by atoms with Crippen LogP contribution in [0.3, 0.4) is 0 Å². The number of ether oxygens (including phenoxy) is 1. The van der Waals surface area contributed by atoms with Crippen LogP contribution in [0.15, 0.2) is 12.2 Å². The first-order valence-corrected chi connectivity index (χ1v) is 20.0. The predicted octanol–water partition coefficient (Wildman–Crippen LogP) is 3.92. The topological polar surface area (TPSA) is 177 Å². The Bertz CT molecular complexity index is 1260. The molecule has 288 valence electrons. The number of rotatable bonds is 10. The van der Waals surface area contributed by atoms with Crippen LogP contribution < -0.4 is 5.73 Å². The molecule has 0 amide bonds. The number of hydrogen-bond acceptors (Lipinski definition) is 9. The molecule has 6 aliphatic carbocycles. The van der Waals surface area contributed by atoms with Gasteiger partial charge in [0, 0.05) is 0 Å². The molecule has 0 aromatic rings. The van der Waals surface area contributed by atoms with E-state index < -0.39 is 61.5 Å². The fourth-order valence-corrected chi connectivity index (χ4v) is 14.3. The van der Waals surface area contributed by atoms with Gasteiger partial charge in [0.05, 0.1) is 25.4 Å². The molecular weight excluding hydrogens is 634 g/mol. The van der Waals surface area contributed by atoms with E-state index >= 15 is 0 Å². The van der Waals surface area contributed by atoms with Crippen LogP contribution in [-0.4, -0.2) is 97.2 Å². The lowest BCUT2D eigenvalue weighted by Crippen LogP contribution is -2.64. The third-order valence-corrected chi connectivity index (χ3v) is 17.3. The summed E-state index contributed by atoms with van der Waals surface area (Å²) in [4.78, 5) is 0. The highest BCUT2D eigenvalue weighted by Gasteiger charge is 2.69. The number of aliphatic hydroxyl groups is 7. The number of allylic oxidation sites excluding steroid dienone is 2. The highest BCUT2D eigenvalue weighted by Crippen LogP contribution is 2.76. The minimum Gasteiger partial charge on any atom is -0.393 e. The van der Waals surface area contributed by atoms with E-state index in [4.69, 9.17) is 10.5 Å². The average molecular weight is 706 g/mol. The maximum Gasteiger partial charge on any atom is 0.144 e. The molecule has 0 aromatic carbocycles. The molecule has 9 N–H and O–H groups in total. The summed E-state index contributed by atoms with van der Waals surface area (Å²) in [5.74, 6) is 3.65. The molecule has 0 spiro atoms. The zero-order chi connectivity index (χ0) is 36.8. The van der Waals surface area contributed by atoms with Crippen molar-refractivity contribution in [2.24, 2.45) is 68.3 Å². The van der Waals surface area contributed by atoms with Crippen LogP contribution in [0.4, 0.5) is 0 Å². The molecule has 0 radical (unpaired) electrons. The third-order valence-electron chi connectivity index (χ3n) is 17.3. The highest BCUT2D eigenvalue weighted by molar-refractivity contribution is 5.27. The van der Waals surface area contributed by atoms with Crippen molar-refractivity contribution in [3.05, 3.63) is 12.2 Å². The molecule has 0 bridgehead atoms. The quantitative estimate of drug-likeness (QED) is 0.157. The van der Waals surface area contributed by atoms with Crippen LogP contribution in [0, 0.1) is 62.6 Å². The molecule has 9 heteroatoms. The number of nitrogens with two attached hydrogens (primary N) is 1. The summed E-state index contributed by atoms with van der Waals surface area (Å²) in [6, 6.07) is -1.20. The van der Waals surface area contributed by atoms with Gasteiger partial charge in [-0.15, -0.1) is 0 Å². The second-order valence-electron chi connectivity index (χ2n) is 20.0. The van der Waals surface area contributed by atoms with Gasteiger partial charge in [0.2, 0.25) is 0 Å². The Kier molecular flexibility index (Phi) is 10.4. The normalized spacial score (nSPS) is 51.9. The van der Waals surface area contributed by atoms with Gasteiger partial charge < -0.3 is 46.2 Å². The van der Waals surface area contributed by atoms with Crippen LogP contribution in [-0.2, 0) is 4.74 Å². The lowest BCUT2D eigenvalue weighted by Gasteiger charge is -2.71. The Morgan fingerprint density at radius 1 is 0.840 bits per heavy atom. The van der Waals surface area contributed by atoms with Crippen molar-refractivity contribution in [3.8, 4) is 0 Å². The van der Waals surface area contributed by atoms with Gasteiger partial charge in [0.15, 0.2) is 0 Å². The van der Waals surface area contributed by atoms with E-state index in [0.717, 1.165) is 12.3 Å². The molecule has 0 aromatic heterocycles. The van der Waals surface area contributed by atoms with E-state index in [2.05, 4.69) is 60.6 Å². The Morgan fingerprint density at radius 2 is 1.52 bits per heavy atom. The molecule has 1 unspecified atom stereocenters. The second kappa shape index (κ2) is 13.3. The maximum atomic E-state index is 10.9. The van der Waals surface area contributed by atoms with Crippen molar-refractivity contribution in [3.63, 3.8) is 0 Å². The van der Waals surface area contributed by atoms with Gasteiger partial charge in [-0.2, -0.15) is 0 Å². The van der Waals surface area contributed by atoms with Gasteiger partial charge in [0.1, 0.15) is 36.1 Å². The van der Waals surface area contributed by atoms with E-state index in [1.165, 1.54) is 57.8 Å². The molecule has 6 aliphatic rings. The molecule has 0 saturated heterocycles. The third kappa shape index (κ3) is 5.64. The van der Waals surface area contributed by atoms with Crippen molar-refractivity contribution in [1.29, 1.82) is 0 Å². The highest BCUT2D eigenvalue weighted by atomic mass is 16.5. The molecule has 50 heavy (non-hydrogen) atoms. The predicted molar refractivity (Wildman–Crippen MR) is 193 cm³/mol. The van der Waals surface area contributed by atoms with Crippen molar-refractivity contribution in [2.45, 2.75) is 167 Å². The molecular formula is C41H71NO8. The lowest BCUT2D eigenvalue weighted by molar-refractivity contribution is -0.198. The van der Waals surface area contributed by atoms with Gasteiger partial charge in [-0.25, -0.2) is 0 Å². The lowest BCUT2D eigenvalue weighted by atomic mass is 9.33. The van der Waals surface area contributed by atoms with Crippen molar-refractivity contribution < 1.29 is 40.5 Å². The van der Waals surface area contributed by atoms with E-state index in [1.54, 1.807) is 0 Å². The summed E-state index contributed by atoms with van der Waals surface area (Å²) in [6.07, 6.45) is 9.34. The Morgan fingerprint density at radius 3 is 2.20 bits per heavy atom. The number of fused-ring (bicyclic) bond motifs is 7. The Balaban J connectivity index is 1.07. The first-order chi connectivity index (χ1) is 23.2. The fourth-order valence-electron chi connectivity index (χ4n) is 14.3. The van der Waals surface area contributed by atoms with E-state index in [1.807, 2.05) is 0 Å². The molecule has 0 heterocycles. The van der Waals surface area contributed by atoms with E-state index in [0.29, 0.717) is 52.3 Å². The summed E-state index contributed by atoms with van der Waals surface area (Å²) in [5, 5.41) is 72.9. The maximum absolute atomic E-state index is 10.9. The fraction of sp³-hybridized carbons (Fsp3) is 0.951. The molecule has 5 fully saturated rings. The van der Waals surface area contributed by atoms with E-state index in [9.17, 15) is 35.7 Å². The summed E-state index contributed by atoms with van der Waals surface area (Å²) >= 11 is 0. The standard InChI is InChI=1S/C41H71NO8/c1-23(9-10-26(44)32(46)27(45)21-50-35-31(42)33(47)34(48)41(35,49)22-43)24-13-18-37(4)25(24)14-19-39(6)29(37)11-12-30-38(5)17-8-16-36(2,3)28(38)15-20-40(30,39)7/h15,20,23-35,43-49H,8-14,16-19,21-22,42H2,1-7H3/t23?,24-,25+,26-,27+,28+,29-,30-,31-,32-,33-,34+,35+,37+,38+,39-,40-,41+/m1/s1. The van der Waals surface area contributed by atoms with Crippen molar-refractivity contribution in [1.82, 2.24) is 0 Å². The van der Waals surface area contributed by atoms with Crippen LogP contribution in [0.5, 0.6) is 0 Å². The van der Waals surface area contributed by atoms with Gasteiger partial charge in [-0.05, 0) is 127 Å². The van der Waals surface area contributed by atoms with Crippen LogP contribution in [0.1, 0.15) is 119 Å². The molecule has 5 saturated carbocycles. The minimum atomic E-state index is -2.21. The summed E-state index contributed by atoms with van der Waals surface area (Å²) < 4.78 is 5.52. The summed E-state index contributed by atoms with van der Waals surface area (Å²) in [6.45, 7) is 16.5. The first kappa shape index (κ1) is 39.1. The monoisotopic (exact) mass is 706 g/mol. The second-order valence-corrected chi connectivity index (χ2v) is 20.0. The van der Waals surface area contributed by atoms with Gasteiger partial charge in [0.25, 0.3) is 0 Å². The largest absolute Gasteiger partial charge is 0.393 e. The SMILES string of the molecule is CC(CC[C@@H](O)[C@@H](O)[C@@H](O)CO[C@H]1[C@H](N)[C@@H](O)[C@H](O)[C@@]1(O)CO)[C@H]1CC[C@]2(C)[C@H]3CC[C@@H]4[C@@]5(C)CCCC(C)(C)[C@@H]5C=C[C@@]4(C)[C@]3(C)CC[C@@H]12. The van der Waals surface area contributed by atoms with Gasteiger partial charge in [-0.1, -0.05) is 67.0 Å². The molecule has 18 atom stereocenters. The smallest absolute Gasteiger partial charge is 0.144 e. The van der Waals surface area contributed by atoms with Gasteiger partial charge in [-0.3, -0.25) is 0 Å². The van der Waals surface area contributed by atoms with Crippen LogP contribution >= 0.6 is 0 Å². The van der Waals surface area contributed by atoms with Crippen molar-refractivity contribution >= 4 is 0 Å². The average Bonchev–Trinajstić information content (AvgIpc) is 3.49. The molecule has 6 rings (SSSR count). The van der Waals surface area contributed by atoms with Crippen molar-refractivity contribution in [2.75, 3.05) is 13.2 Å². The zero-order valence-electron chi connectivity index (χ0n) is 32.0. The first-order valence-electron chi connectivity index (χ1n) is 20.0. The minimum absolute atomic E-state index is 0.205. The van der Waals surface area contributed by atoms with E-state index in [-0.39, 0.29) is 10.8 Å². The Labute approximate surface area is 301 Å². The summed E-state index contributed by atoms with van der Waals surface area (Å²) in [5.41, 5.74) is 5.19. The molecule has 9 nitrogen and oxygen atoms in total. The molecule has 0 aliphatic heterocycles. The van der Waals surface area contributed by atoms with Gasteiger partial charge >= 0.3 is 0 Å². The Hall–Kier alpha value is -0.620.